The van der Waals surface area contributed by atoms with Gasteiger partial charge in [-0.25, -0.2) is 0 Å². The Labute approximate surface area is 74.2 Å². The Morgan fingerprint density at radius 2 is 2.00 bits per heavy atom. The van der Waals surface area contributed by atoms with Crippen LogP contribution in [0.5, 0.6) is 0 Å². The summed E-state index contributed by atoms with van der Waals surface area (Å²) in [4.78, 5) is 0.348. The van der Waals surface area contributed by atoms with Gasteiger partial charge in [-0.05, 0) is 34.5 Å². The van der Waals surface area contributed by atoms with Crippen molar-refractivity contribution in [3.63, 3.8) is 0 Å². The van der Waals surface area contributed by atoms with Gasteiger partial charge in [0.15, 0.2) is 0 Å². The van der Waals surface area contributed by atoms with E-state index in [2.05, 4.69) is 0 Å². The van der Waals surface area contributed by atoms with Crippen LogP contribution in [-0.4, -0.2) is 8.76 Å². The van der Waals surface area contributed by atoms with Crippen LogP contribution >= 0.6 is 0 Å². The molecular weight excluding hydrogens is 172 g/mol. The topological polar surface area (TPSA) is 40.1 Å². The molecular formula is C9H9O2S-. The lowest BCUT2D eigenvalue weighted by atomic mass is 10.2. The largest absolute Gasteiger partial charge is 0.769 e. The van der Waals surface area contributed by atoms with Gasteiger partial charge in [-0.3, -0.25) is 4.21 Å². The molecule has 12 heavy (non-hydrogen) atoms. The Hall–Kier alpha value is -0.930. The van der Waals surface area contributed by atoms with Crippen molar-refractivity contribution in [3.8, 4) is 0 Å². The molecule has 3 heteroatoms. The lowest BCUT2D eigenvalue weighted by molar-refractivity contribution is 0.544. The second-order valence-corrected chi connectivity index (χ2v) is 3.51. The van der Waals surface area contributed by atoms with Crippen molar-refractivity contribution in [2.24, 2.45) is 0 Å². The fourth-order valence-corrected chi connectivity index (χ4v) is 1.06. The zero-order valence-electron chi connectivity index (χ0n) is 6.69. The molecule has 0 aliphatic carbocycles. The molecule has 1 aromatic rings. The van der Waals surface area contributed by atoms with E-state index in [1.165, 1.54) is 0 Å². The molecule has 0 spiro atoms. The minimum atomic E-state index is -2.10. The highest BCUT2D eigenvalue weighted by Crippen LogP contribution is 2.07. The molecule has 0 fully saturated rings. The fraction of sp³-hybridized carbons (Fsp3) is 0.111. The SMILES string of the molecule is C/C(=C\c1ccccc1)S(=O)[O-]. The molecule has 64 valence electrons. The van der Waals surface area contributed by atoms with Gasteiger partial charge in [-0.2, -0.15) is 0 Å². The van der Waals surface area contributed by atoms with Crippen molar-refractivity contribution in [2.45, 2.75) is 6.92 Å². The molecule has 0 bridgehead atoms. The summed E-state index contributed by atoms with van der Waals surface area (Å²) in [6.45, 7) is 1.57. The first-order valence-corrected chi connectivity index (χ1v) is 4.60. The smallest absolute Gasteiger partial charge is 0.000111 e. The number of rotatable bonds is 2. The Morgan fingerprint density at radius 1 is 1.42 bits per heavy atom. The summed E-state index contributed by atoms with van der Waals surface area (Å²) in [5, 5.41) is 0. The van der Waals surface area contributed by atoms with Crippen LogP contribution in [0.3, 0.4) is 0 Å². The lowest BCUT2D eigenvalue weighted by Gasteiger charge is -2.03. The highest BCUT2D eigenvalue weighted by Gasteiger charge is 1.88. The maximum absolute atomic E-state index is 10.4. The number of hydrogen-bond donors (Lipinski definition) is 0. The molecule has 0 heterocycles. The summed E-state index contributed by atoms with van der Waals surface area (Å²) < 4.78 is 20.9. The van der Waals surface area contributed by atoms with Crippen LogP contribution in [0.1, 0.15) is 12.5 Å². The van der Waals surface area contributed by atoms with E-state index in [-0.39, 0.29) is 0 Å². The van der Waals surface area contributed by atoms with Gasteiger partial charge in [-0.15, -0.1) is 0 Å². The third kappa shape index (κ3) is 2.60. The van der Waals surface area contributed by atoms with Gasteiger partial charge in [-0.1, -0.05) is 30.3 Å². The highest BCUT2D eigenvalue weighted by atomic mass is 32.2. The minimum absolute atomic E-state index is 0.348. The van der Waals surface area contributed by atoms with Crippen LogP contribution in [0.4, 0.5) is 0 Å². The van der Waals surface area contributed by atoms with Crippen molar-refractivity contribution >= 4 is 17.2 Å². The molecule has 0 aliphatic rings. The van der Waals surface area contributed by atoms with Crippen LogP contribution in [0.25, 0.3) is 6.08 Å². The van der Waals surface area contributed by atoms with Gasteiger partial charge in [0.05, 0.1) is 0 Å². The average molecular weight is 181 g/mol. The Bertz CT molecular complexity index is 304. The molecule has 1 unspecified atom stereocenters. The van der Waals surface area contributed by atoms with E-state index in [4.69, 9.17) is 0 Å². The van der Waals surface area contributed by atoms with Crippen molar-refractivity contribution in [1.82, 2.24) is 0 Å². The molecule has 0 aromatic heterocycles. The van der Waals surface area contributed by atoms with Crippen molar-refractivity contribution in [1.29, 1.82) is 0 Å². The van der Waals surface area contributed by atoms with Gasteiger partial charge in [0.25, 0.3) is 0 Å². The molecule has 1 aromatic carbocycles. The van der Waals surface area contributed by atoms with Crippen LogP contribution in [-0.2, 0) is 11.1 Å². The molecule has 0 saturated heterocycles. The second kappa shape index (κ2) is 4.18. The Balaban J connectivity index is 2.89. The first-order chi connectivity index (χ1) is 5.70. The normalized spacial score (nSPS) is 14.3. The molecule has 2 nitrogen and oxygen atoms in total. The molecule has 0 amide bonds. The van der Waals surface area contributed by atoms with Gasteiger partial charge in [0.2, 0.25) is 0 Å². The molecule has 1 atom stereocenters. The van der Waals surface area contributed by atoms with E-state index in [0.717, 1.165) is 5.56 Å². The van der Waals surface area contributed by atoms with E-state index >= 15 is 0 Å². The third-order valence-electron chi connectivity index (χ3n) is 1.43. The predicted octanol–water partition coefficient (Wildman–Crippen LogP) is 1.93. The van der Waals surface area contributed by atoms with E-state index in [1.807, 2.05) is 30.3 Å². The van der Waals surface area contributed by atoms with Crippen LogP contribution in [0.15, 0.2) is 35.2 Å². The molecule has 1 rings (SSSR count). The van der Waals surface area contributed by atoms with Crippen molar-refractivity contribution in [2.75, 3.05) is 0 Å². The first-order valence-electron chi connectivity index (χ1n) is 3.53. The Morgan fingerprint density at radius 3 is 2.50 bits per heavy atom. The maximum Gasteiger partial charge on any atom is -0.000111 e. The Kier molecular flexibility index (Phi) is 3.19. The predicted molar refractivity (Wildman–Crippen MR) is 49.0 cm³/mol. The highest BCUT2D eigenvalue weighted by molar-refractivity contribution is 7.83. The lowest BCUT2D eigenvalue weighted by Crippen LogP contribution is -1.87. The zero-order chi connectivity index (χ0) is 8.97. The maximum atomic E-state index is 10.4. The van der Waals surface area contributed by atoms with Crippen LogP contribution in [0.2, 0.25) is 0 Å². The standard InChI is InChI=1S/C9H10O2S/c1-8(12(10)11)7-9-5-3-2-4-6-9/h2-7H,1H3,(H,10,11)/p-1/b8-7+. The zero-order valence-corrected chi connectivity index (χ0v) is 7.51. The van der Waals surface area contributed by atoms with Crippen molar-refractivity contribution < 1.29 is 8.76 Å². The number of allylic oxidation sites excluding steroid dienone is 1. The van der Waals surface area contributed by atoms with E-state index in [0.29, 0.717) is 4.91 Å². The molecule has 0 N–H and O–H groups in total. The van der Waals surface area contributed by atoms with Crippen LogP contribution < -0.4 is 0 Å². The van der Waals surface area contributed by atoms with Gasteiger partial charge < -0.3 is 4.55 Å². The summed E-state index contributed by atoms with van der Waals surface area (Å²) in [5.41, 5.74) is 0.902. The van der Waals surface area contributed by atoms with Crippen molar-refractivity contribution in [3.05, 3.63) is 40.8 Å². The third-order valence-corrected chi connectivity index (χ3v) is 2.08. The van der Waals surface area contributed by atoms with Gasteiger partial charge >= 0.3 is 0 Å². The molecule has 0 saturated carbocycles. The van der Waals surface area contributed by atoms with Gasteiger partial charge in [0, 0.05) is 0 Å². The van der Waals surface area contributed by atoms with Crippen LogP contribution in [0, 0.1) is 0 Å². The summed E-state index contributed by atoms with van der Waals surface area (Å²) in [6, 6.07) is 9.34. The van der Waals surface area contributed by atoms with E-state index < -0.39 is 11.1 Å². The van der Waals surface area contributed by atoms with Gasteiger partial charge in [0.1, 0.15) is 0 Å². The summed E-state index contributed by atoms with van der Waals surface area (Å²) in [7, 11) is 0. The summed E-state index contributed by atoms with van der Waals surface area (Å²) in [5.74, 6) is 0. The monoisotopic (exact) mass is 181 g/mol. The average Bonchev–Trinajstić information content (AvgIpc) is 2.06. The first kappa shape index (κ1) is 9.16. The quantitative estimate of drug-likeness (QED) is 0.654. The van der Waals surface area contributed by atoms with E-state index in [9.17, 15) is 8.76 Å². The summed E-state index contributed by atoms with van der Waals surface area (Å²) >= 11 is -2.10. The number of benzene rings is 1. The minimum Gasteiger partial charge on any atom is -0.769 e. The summed E-state index contributed by atoms with van der Waals surface area (Å²) in [6.07, 6.45) is 1.63. The molecule has 0 aliphatic heterocycles. The molecule has 0 radical (unpaired) electrons. The second-order valence-electron chi connectivity index (χ2n) is 2.40. The number of hydrogen-bond acceptors (Lipinski definition) is 2. The van der Waals surface area contributed by atoms with E-state index in [1.54, 1.807) is 13.0 Å². The fourth-order valence-electron chi connectivity index (χ4n) is 0.832.